The number of benzene rings is 1. The smallest absolute Gasteiger partial charge is 0.136 e. The predicted octanol–water partition coefficient (Wildman–Crippen LogP) is 3.37. The number of ketones is 1. The Bertz CT molecular complexity index is 479. The highest BCUT2D eigenvalue weighted by molar-refractivity contribution is 5.80. The van der Waals surface area contributed by atoms with Gasteiger partial charge in [0.2, 0.25) is 0 Å². The Kier molecular flexibility index (Phi) is 4.31. The minimum absolute atomic E-state index is 0.361. The molecule has 1 aromatic rings. The number of allylic oxidation sites excluding steroid dienone is 1. The van der Waals surface area contributed by atoms with E-state index in [0.717, 1.165) is 38.6 Å². The van der Waals surface area contributed by atoms with Gasteiger partial charge < -0.3 is 0 Å². The van der Waals surface area contributed by atoms with Gasteiger partial charge in [0.1, 0.15) is 5.78 Å². The van der Waals surface area contributed by atoms with Gasteiger partial charge in [-0.15, -0.1) is 0 Å². The van der Waals surface area contributed by atoms with Gasteiger partial charge in [0.05, 0.1) is 0 Å². The fourth-order valence-electron chi connectivity index (χ4n) is 3.50. The van der Waals surface area contributed by atoms with E-state index in [1.165, 1.54) is 12.0 Å². The van der Waals surface area contributed by atoms with Crippen molar-refractivity contribution in [1.82, 2.24) is 4.90 Å². The maximum Gasteiger partial charge on any atom is 0.136 e. The SMILES string of the molecule is O=C1C[C@H](CCc2ccccc2)N2CCCC=C[C@H]2C1. The number of Topliss-reactive ketones (excluding diaryl/α,β-unsaturated/α-hetero) is 1. The summed E-state index contributed by atoms with van der Waals surface area (Å²) in [5.74, 6) is 0.441. The van der Waals surface area contributed by atoms with Crippen LogP contribution in [0.5, 0.6) is 0 Å². The number of fused-ring (bicyclic) bond motifs is 1. The van der Waals surface area contributed by atoms with Crippen molar-refractivity contribution in [2.45, 2.75) is 50.6 Å². The summed E-state index contributed by atoms with van der Waals surface area (Å²) in [6.45, 7) is 1.14. The van der Waals surface area contributed by atoms with Gasteiger partial charge in [-0.05, 0) is 37.8 Å². The van der Waals surface area contributed by atoms with Crippen molar-refractivity contribution in [2.75, 3.05) is 6.54 Å². The van der Waals surface area contributed by atoms with Crippen LogP contribution in [0.4, 0.5) is 0 Å². The molecule has 0 saturated carbocycles. The van der Waals surface area contributed by atoms with Crippen molar-refractivity contribution in [3.63, 3.8) is 0 Å². The molecule has 2 heterocycles. The topological polar surface area (TPSA) is 20.3 Å². The molecule has 0 aromatic heterocycles. The molecular weight excluding hydrogens is 246 g/mol. The Balaban J connectivity index is 1.67. The highest BCUT2D eigenvalue weighted by Crippen LogP contribution is 2.27. The quantitative estimate of drug-likeness (QED) is 0.784. The van der Waals surface area contributed by atoms with Gasteiger partial charge in [0.25, 0.3) is 0 Å². The number of carbonyl (C=O) groups excluding carboxylic acids is 1. The van der Waals surface area contributed by atoms with Gasteiger partial charge in [-0.1, -0.05) is 42.5 Å². The van der Waals surface area contributed by atoms with E-state index in [-0.39, 0.29) is 0 Å². The van der Waals surface area contributed by atoms with Crippen molar-refractivity contribution in [1.29, 1.82) is 0 Å². The fourth-order valence-corrected chi connectivity index (χ4v) is 3.50. The standard InChI is InChI=1S/C18H23NO/c20-18-13-16-9-5-2-6-12-19(16)17(14-18)11-10-15-7-3-1-4-8-15/h1,3-5,7-9,16-17H,2,6,10-14H2/t16-,17-/m0/s1. The average molecular weight is 269 g/mol. The molecule has 0 N–H and O–H groups in total. The minimum Gasteiger partial charge on any atom is -0.300 e. The molecule has 0 bridgehead atoms. The second-order valence-corrected chi connectivity index (χ2v) is 6.00. The Morgan fingerprint density at radius 3 is 2.85 bits per heavy atom. The Morgan fingerprint density at radius 1 is 1.15 bits per heavy atom. The van der Waals surface area contributed by atoms with E-state index < -0.39 is 0 Å². The van der Waals surface area contributed by atoms with E-state index in [1.807, 2.05) is 0 Å². The summed E-state index contributed by atoms with van der Waals surface area (Å²) in [5, 5.41) is 0. The summed E-state index contributed by atoms with van der Waals surface area (Å²) in [7, 11) is 0. The normalized spacial score (nSPS) is 27.1. The van der Waals surface area contributed by atoms with Crippen LogP contribution in [0.15, 0.2) is 42.5 Å². The third-order valence-electron chi connectivity index (χ3n) is 4.55. The maximum atomic E-state index is 12.0. The van der Waals surface area contributed by atoms with E-state index in [4.69, 9.17) is 0 Å². The molecule has 3 rings (SSSR count). The zero-order valence-corrected chi connectivity index (χ0v) is 12.0. The number of piperidine rings is 1. The van der Waals surface area contributed by atoms with Gasteiger partial charge in [-0.3, -0.25) is 9.69 Å². The molecular formula is C18H23NO. The van der Waals surface area contributed by atoms with Crippen LogP contribution in [0, 0.1) is 0 Å². The van der Waals surface area contributed by atoms with Gasteiger partial charge in [-0.25, -0.2) is 0 Å². The van der Waals surface area contributed by atoms with Crippen LogP contribution < -0.4 is 0 Å². The molecule has 0 radical (unpaired) electrons. The van der Waals surface area contributed by atoms with Gasteiger partial charge in [-0.2, -0.15) is 0 Å². The molecule has 106 valence electrons. The van der Waals surface area contributed by atoms with Crippen molar-refractivity contribution >= 4 is 5.78 Å². The monoisotopic (exact) mass is 269 g/mol. The summed E-state index contributed by atoms with van der Waals surface area (Å²) in [5.41, 5.74) is 1.38. The summed E-state index contributed by atoms with van der Waals surface area (Å²) in [4.78, 5) is 14.6. The van der Waals surface area contributed by atoms with Crippen molar-refractivity contribution < 1.29 is 4.79 Å². The van der Waals surface area contributed by atoms with Crippen LogP contribution in [-0.4, -0.2) is 29.3 Å². The molecule has 2 atom stereocenters. The van der Waals surface area contributed by atoms with Crippen molar-refractivity contribution in [3.8, 4) is 0 Å². The summed E-state index contributed by atoms with van der Waals surface area (Å²) in [6.07, 6.45) is 10.5. The molecule has 1 saturated heterocycles. The van der Waals surface area contributed by atoms with Crippen LogP contribution in [0.25, 0.3) is 0 Å². The van der Waals surface area contributed by atoms with Crippen molar-refractivity contribution in [3.05, 3.63) is 48.0 Å². The predicted molar refractivity (Wildman–Crippen MR) is 81.7 cm³/mol. The molecule has 1 aromatic carbocycles. The molecule has 2 nitrogen and oxygen atoms in total. The van der Waals surface area contributed by atoms with Crippen LogP contribution in [0.3, 0.4) is 0 Å². The second-order valence-electron chi connectivity index (χ2n) is 6.00. The first kappa shape index (κ1) is 13.6. The maximum absolute atomic E-state index is 12.0. The highest BCUT2D eigenvalue weighted by Gasteiger charge is 2.33. The second kappa shape index (κ2) is 6.36. The first-order valence-electron chi connectivity index (χ1n) is 7.81. The molecule has 0 aliphatic carbocycles. The third kappa shape index (κ3) is 3.18. The molecule has 2 aliphatic heterocycles. The first-order chi connectivity index (χ1) is 9.83. The number of rotatable bonds is 3. The first-order valence-corrected chi connectivity index (χ1v) is 7.81. The Labute approximate surface area is 121 Å². The number of hydrogen-bond donors (Lipinski definition) is 0. The Hall–Kier alpha value is -1.41. The average Bonchev–Trinajstić information content (AvgIpc) is 2.71. The lowest BCUT2D eigenvalue weighted by atomic mass is 9.90. The van der Waals surface area contributed by atoms with E-state index in [9.17, 15) is 4.79 Å². The molecule has 1 fully saturated rings. The number of aryl methyl sites for hydroxylation is 1. The number of hydrogen-bond acceptors (Lipinski definition) is 2. The van der Waals surface area contributed by atoms with Crippen LogP contribution >= 0.6 is 0 Å². The van der Waals surface area contributed by atoms with Crippen LogP contribution in [-0.2, 0) is 11.2 Å². The largest absolute Gasteiger partial charge is 0.300 e. The molecule has 0 unspecified atom stereocenters. The zero-order chi connectivity index (χ0) is 13.8. The lowest BCUT2D eigenvalue weighted by molar-refractivity contribution is -0.124. The molecule has 0 spiro atoms. The number of nitrogens with zero attached hydrogens (tertiary/aromatic N) is 1. The van der Waals surface area contributed by atoms with Crippen LogP contribution in [0.1, 0.15) is 37.7 Å². The van der Waals surface area contributed by atoms with Gasteiger partial charge in [0, 0.05) is 24.9 Å². The summed E-state index contributed by atoms with van der Waals surface area (Å²) < 4.78 is 0. The molecule has 20 heavy (non-hydrogen) atoms. The lowest BCUT2D eigenvalue weighted by Crippen LogP contribution is -2.48. The van der Waals surface area contributed by atoms with Gasteiger partial charge in [0.15, 0.2) is 0 Å². The fraction of sp³-hybridized carbons (Fsp3) is 0.500. The summed E-state index contributed by atoms with van der Waals surface area (Å²) >= 11 is 0. The van der Waals surface area contributed by atoms with Gasteiger partial charge >= 0.3 is 0 Å². The van der Waals surface area contributed by atoms with E-state index in [0.29, 0.717) is 17.9 Å². The van der Waals surface area contributed by atoms with Crippen LogP contribution in [0.2, 0.25) is 0 Å². The molecule has 2 aliphatic rings. The van der Waals surface area contributed by atoms with E-state index in [2.05, 4.69) is 47.4 Å². The third-order valence-corrected chi connectivity index (χ3v) is 4.55. The molecule has 2 heteroatoms. The lowest BCUT2D eigenvalue weighted by Gasteiger charge is -2.39. The highest BCUT2D eigenvalue weighted by atomic mass is 16.1. The van der Waals surface area contributed by atoms with E-state index >= 15 is 0 Å². The zero-order valence-electron chi connectivity index (χ0n) is 12.0. The molecule has 0 amide bonds. The van der Waals surface area contributed by atoms with E-state index in [1.54, 1.807) is 0 Å². The van der Waals surface area contributed by atoms with Crippen molar-refractivity contribution in [2.24, 2.45) is 0 Å². The number of carbonyl (C=O) groups is 1. The Morgan fingerprint density at radius 2 is 2.00 bits per heavy atom. The summed E-state index contributed by atoms with van der Waals surface area (Å²) in [6, 6.07) is 11.4. The minimum atomic E-state index is 0.361.